The Labute approximate surface area is 291 Å². The van der Waals surface area contributed by atoms with Gasteiger partial charge in [-0.25, -0.2) is 4.79 Å². The molecule has 0 saturated carbocycles. The Kier molecular flexibility index (Phi) is 10.1. The summed E-state index contributed by atoms with van der Waals surface area (Å²) in [5, 5.41) is 18.8. The number of likely N-dealkylation sites (N-methyl/N-ethyl adjacent to an activating group) is 1. The molecule has 0 fully saturated rings. The molecule has 0 bridgehead atoms. The van der Waals surface area contributed by atoms with Crippen LogP contribution >= 0.6 is 0 Å². The first-order valence-electron chi connectivity index (χ1n) is 16.1. The molecule has 51 heavy (non-hydrogen) atoms. The van der Waals surface area contributed by atoms with Gasteiger partial charge in [0.15, 0.2) is 6.17 Å². The molecule has 4 aromatic rings. The molecular weight excluding hydrogens is 665 g/mol. The molecule has 0 radical (unpaired) electrons. The van der Waals surface area contributed by atoms with E-state index in [0.29, 0.717) is 58.4 Å². The summed E-state index contributed by atoms with van der Waals surface area (Å²) in [6.45, 7) is 9.71. The van der Waals surface area contributed by atoms with Gasteiger partial charge in [-0.2, -0.15) is 13.2 Å². The number of nitrogens with two attached hydrogens (primary N) is 1. The lowest BCUT2D eigenvalue weighted by Crippen LogP contribution is -2.42. The summed E-state index contributed by atoms with van der Waals surface area (Å²) < 4.78 is 41.1. The second kappa shape index (κ2) is 14.2. The summed E-state index contributed by atoms with van der Waals surface area (Å²) in [5.41, 5.74) is 9.47. The number of carbonyl (C=O) groups is 4. The zero-order valence-electron chi connectivity index (χ0n) is 28.5. The average Bonchev–Trinajstić information content (AvgIpc) is 3.51. The molecule has 266 valence electrons. The minimum atomic E-state index is -4.59. The van der Waals surface area contributed by atoms with Crippen molar-refractivity contribution in [1.29, 1.82) is 0 Å². The highest BCUT2D eigenvalue weighted by Crippen LogP contribution is 2.39. The van der Waals surface area contributed by atoms with Crippen LogP contribution in [0, 0.1) is 20.8 Å². The molecule has 1 aliphatic rings. The molecule has 5 rings (SSSR count). The molecule has 2 heterocycles. The zero-order valence-corrected chi connectivity index (χ0v) is 28.5. The topological polar surface area (TPSA) is 159 Å². The maximum atomic E-state index is 13.4. The lowest BCUT2D eigenvalue weighted by Gasteiger charge is -2.30. The molecule has 1 aromatic heterocycles. The summed E-state index contributed by atoms with van der Waals surface area (Å²) in [6.07, 6.45) is -4.01. The number of amides is 3. The summed E-state index contributed by atoms with van der Waals surface area (Å²) >= 11 is 0. The average molecular weight is 703 g/mol. The van der Waals surface area contributed by atoms with E-state index in [-0.39, 0.29) is 16.7 Å². The third kappa shape index (κ3) is 7.22. The minimum Gasteiger partial charge on any atom is -0.478 e. The maximum Gasteiger partial charge on any atom is 0.416 e. The van der Waals surface area contributed by atoms with Crippen LogP contribution in [-0.4, -0.2) is 51.4 Å². The van der Waals surface area contributed by atoms with Crippen LogP contribution in [0.15, 0.2) is 60.7 Å². The van der Waals surface area contributed by atoms with Crippen molar-refractivity contribution in [3.8, 4) is 0 Å². The van der Waals surface area contributed by atoms with E-state index in [9.17, 15) is 37.5 Å². The van der Waals surface area contributed by atoms with Gasteiger partial charge in [0, 0.05) is 39.6 Å². The van der Waals surface area contributed by atoms with Crippen molar-refractivity contribution in [2.45, 2.75) is 47.0 Å². The Morgan fingerprint density at radius 2 is 1.69 bits per heavy atom. The molecule has 0 aliphatic carbocycles. The highest BCUT2D eigenvalue weighted by atomic mass is 19.4. The van der Waals surface area contributed by atoms with Gasteiger partial charge >= 0.3 is 12.1 Å². The Balaban J connectivity index is 1.46. The number of hydrogen-bond donors (Lipinski definition) is 5. The smallest absolute Gasteiger partial charge is 0.416 e. The van der Waals surface area contributed by atoms with Gasteiger partial charge in [-0.3, -0.25) is 19.3 Å². The van der Waals surface area contributed by atoms with Crippen LogP contribution in [0.5, 0.6) is 0 Å². The van der Waals surface area contributed by atoms with E-state index in [2.05, 4.69) is 16.0 Å². The van der Waals surface area contributed by atoms with Gasteiger partial charge in [-0.1, -0.05) is 32.0 Å². The first-order valence-corrected chi connectivity index (χ1v) is 16.1. The van der Waals surface area contributed by atoms with Crippen molar-refractivity contribution in [2.75, 3.05) is 29.0 Å². The number of anilines is 4. The van der Waals surface area contributed by atoms with Gasteiger partial charge in [0.1, 0.15) is 0 Å². The van der Waals surface area contributed by atoms with Gasteiger partial charge in [-0.15, -0.1) is 0 Å². The number of carbonyl (C=O) groups excluding carboxylic acids is 3. The first kappa shape index (κ1) is 36.4. The number of alkyl halides is 3. The van der Waals surface area contributed by atoms with Crippen molar-refractivity contribution in [3.63, 3.8) is 0 Å². The molecule has 6 N–H and O–H groups in total. The largest absolute Gasteiger partial charge is 0.478 e. The molecule has 1 unspecified atom stereocenters. The van der Waals surface area contributed by atoms with Crippen LogP contribution in [0.3, 0.4) is 0 Å². The minimum absolute atomic E-state index is 0.0158. The van der Waals surface area contributed by atoms with Crippen LogP contribution in [0.25, 0.3) is 11.6 Å². The Bertz CT molecular complexity index is 2100. The maximum absolute atomic E-state index is 13.4. The fourth-order valence-corrected chi connectivity index (χ4v) is 6.31. The van der Waals surface area contributed by atoms with Gasteiger partial charge in [0.25, 0.3) is 17.7 Å². The second-order valence-corrected chi connectivity index (χ2v) is 12.1. The number of carboxylic acid groups (broad SMARTS) is 1. The highest BCUT2D eigenvalue weighted by molar-refractivity contribution is 6.35. The number of primary amides is 1. The zero-order chi connectivity index (χ0) is 37.4. The fraction of sp³-hybridized carbons (Fsp3) is 0.243. The normalized spacial score (nSPS) is 14.0. The summed E-state index contributed by atoms with van der Waals surface area (Å²) in [6, 6.07) is 14.3. The number of aromatic nitrogens is 1. The van der Waals surface area contributed by atoms with Crippen molar-refractivity contribution in [2.24, 2.45) is 5.73 Å². The van der Waals surface area contributed by atoms with Crippen molar-refractivity contribution < 1.29 is 37.5 Å². The molecule has 0 spiro atoms. The number of nitrogens with one attached hydrogen (secondary N) is 3. The molecule has 3 amide bonds. The molecule has 1 atom stereocenters. The van der Waals surface area contributed by atoms with Crippen molar-refractivity contribution in [3.05, 3.63) is 105 Å². The van der Waals surface area contributed by atoms with Gasteiger partial charge in [0.2, 0.25) is 0 Å². The number of aromatic carboxylic acids is 1. The lowest BCUT2D eigenvalue weighted by atomic mass is 10.0. The van der Waals surface area contributed by atoms with E-state index in [4.69, 9.17) is 5.73 Å². The number of halogens is 3. The van der Waals surface area contributed by atoms with Gasteiger partial charge in [0.05, 0.1) is 22.4 Å². The van der Waals surface area contributed by atoms with E-state index in [1.54, 1.807) is 65.8 Å². The fourth-order valence-electron chi connectivity index (χ4n) is 6.31. The highest BCUT2D eigenvalue weighted by Gasteiger charge is 2.33. The number of hydrogen-bond acceptors (Lipinski definition) is 6. The Morgan fingerprint density at radius 1 is 1.00 bits per heavy atom. The van der Waals surface area contributed by atoms with Gasteiger partial charge < -0.3 is 31.4 Å². The number of carboxylic acids is 1. The van der Waals surface area contributed by atoms with Crippen LogP contribution in [0.1, 0.15) is 74.4 Å². The Morgan fingerprint density at radius 3 is 2.31 bits per heavy atom. The van der Waals surface area contributed by atoms with Crippen LogP contribution in [0.4, 0.5) is 35.9 Å². The Hall–Kier alpha value is -5.89. The number of benzene rings is 3. The van der Waals surface area contributed by atoms with Crippen molar-refractivity contribution >= 4 is 58.1 Å². The van der Waals surface area contributed by atoms with Crippen LogP contribution in [0.2, 0.25) is 0 Å². The molecule has 11 nitrogen and oxygen atoms in total. The quantitative estimate of drug-likeness (QED) is 0.106. The number of fused-ring (bicyclic) bond motifs is 1. The SMILES string of the molecule is CCN(CC)C(C(N)=O)n1c(C)c(C(=O)O)c(C)c1C=C1C(=O)Nc2cc(Nc3cc(NC(=O)c4cccc(C(F)(F)F)c4)ccc3C)ccc21. The van der Waals surface area contributed by atoms with Gasteiger partial charge in [-0.05, 0) is 93.5 Å². The first-order chi connectivity index (χ1) is 24.0. The van der Waals surface area contributed by atoms with Crippen LogP contribution in [-0.2, 0) is 15.8 Å². The van der Waals surface area contributed by atoms with E-state index in [1.165, 1.54) is 12.1 Å². The third-order valence-corrected chi connectivity index (χ3v) is 8.92. The molecule has 0 saturated heterocycles. The predicted molar refractivity (Wildman–Crippen MR) is 189 cm³/mol. The third-order valence-electron chi connectivity index (χ3n) is 8.92. The number of aryl methyl sites for hydroxylation is 1. The molecule has 1 aliphatic heterocycles. The monoisotopic (exact) mass is 702 g/mol. The molecular formula is C37H37F3N6O5. The van der Waals surface area contributed by atoms with E-state index in [0.717, 1.165) is 17.7 Å². The predicted octanol–water partition coefficient (Wildman–Crippen LogP) is 6.94. The summed E-state index contributed by atoms with van der Waals surface area (Å²) in [4.78, 5) is 53.1. The van der Waals surface area contributed by atoms with Crippen LogP contribution < -0.4 is 21.7 Å². The van der Waals surface area contributed by atoms with E-state index in [1.807, 2.05) is 20.8 Å². The number of rotatable bonds is 11. The summed E-state index contributed by atoms with van der Waals surface area (Å²) in [5.74, 6) is -2.98. The lowest BCUT2D eigenvalue weighted by molar-refractivity contribution is -0.137. The second-order valence-electron chi connectivity index (χ2n) is 12.1. The molecule has 14 heteroatoms. The van der Waals surface area contributed by atoms with E-state index < -0.39 is 41.6 Å². The van der Waals surface area contributed by atoms with Crippen molar-refractivity contribution in [1.82, 2.24) is 9.47 Å². The van der Waals surface area contributed by atoms with E-state index >= 15 is 0 Å². The standard InChI is InChI=1S/C37H37F3N6O5/c1-6-45(7-2)35(32(41)47)46-21(5)31(36(50)51)20(4)30(46)18-27-26-14-13-24(17-29(26)44-34(27)49)42-28-16-25(12-11-19(28)3)43-33(48)22-9-8-10-23(15-22)37(38,39)40/h8-18,35,42H,6-7H2,1-5H3,(H2,41,47)(H,43,48)(H,44,49)(H,50,51). The number of nitrogens with zero attached hydrogens (tertiary/aromatic N) is 2. The molecule has 3 aromatic carbocycles. The summed E-state index contributed by atoms with van der Waals surface area (Å²) in [7, 11) is 0.